The Hall–Kier alpha value is -3.90. The molecule has 0 amide bonds. The molecule has 2 heterocycles. The van der Waals surface area contributed by atoms with Crippen LogP contribution < -0.4 is 20.1 Å². The summed E-state index contributed by atoms with van der Waals surface area (Å²) in [5.41, 5.74) is 1.28. The summed E-state index contributed by atoms with van der Waals surface area (Å²) in [6.07, 6.45) is 5.02. The highest BCUT2D eigenvalue weighted by Crippen LogP contribution is 2.20. The van der Waals surface area contributed by atoms with Gasteiger partial charge in [0.25, 0.3) is 8.24 Å². The summed E-state index contributed by atoms with van der Waals surface area (Å²) < 4.78 is 2.33. The van der Waals surface area contributed by atoms with Crippen molar-refractivity contribution in [3.8, 4) is 0 Å². The standard InChI is InChI=1S/C25H21N5Si/c1-30(24-18-27-25-23(29-24)17-26-19-28-25)31(20-11-5-2-6-12-20,21-13-7-3-8-14-21)22-15-9-4-10-16-22/h2-19H,1H3. The zero-order valence-corrected chi connectivity index (χ0v) is 18.1. The first kappa shape index (κ1) is 19.1. The normalized spacial score (nSPS) is 11.4. The van der Waals surface area contributed by atoms with Crippen molar-refractivity contribution in [2.75, 3.05) is 11.6 Å². The van der Waals surface area contributed by atoms with Crippen molar-refractivity contribution < 1.29 is 0 Å². The third-order valence-electron chi connectivity index (χ3n) is 5.63. The summed E-state index contributed by atoms with van der Waals surface area (Å²) in [7, 11) is -0.542. The molecule has 0 bridgehead atoms. The maximum absolute atomic E-state index is 4.89. The van der Waals surface area contributed by atoms with Crippen LogP contribution in [0.25, 0.3) is 11.2 Å². The van der Waals surface area contributed by atoms with Crippen molar-refractivity contribution in [1.29, 1.82) is 0 Å². The maximum Gasteiger partial charge on any atom is 0.254 e. The first-order chi connectivity index (χ1) is 15.3. The van der Waals surface area contributed by atoms with Gasteiger partial charge in [0.1, 0.15) is 17.7 Å². The summed E-state index contributed by atoms with van der Waals surface area (Å²) in [5.74, 6) is 0.797. The maximum atomic E-state index is 4.89. The van der Waals surface area contributed by atoms with Crippen LogP contribution in [0.1, 0.15) is 0 Å². The van der Waals surface area contributed by atoms with Crippen LogP contribution in [0.4, 0.5) is 5.82 Å². The third-order valence-corrected chi connectivity index (χ3v) is 10.4. The van der Waals surface area contributed by atoms with Gasteiger partial charge in [-0.1, -0.05) is 91.0 Å². The molecule has 0 saturated carbocycles. The topological polar surface area (TPSA) is 54.8 Å². The Kier molecular flexibility index (Phi) is 4.98. The molecule has 6 heteroatoms. The van der Waals surface area contributed by atoms with E-state index in [0.717, 1.165) is 5.82 Å². The van der Waals surface area contributed by atoms with Gasteiger partial charge in [-0.15, -0.1) is 0 Å². The van der Waals surface area contributed by atoms with Crippen LogP contribution in [-0.2, 0) is 0 Å². The molecule has 5 rings (SSSR count). The fourth-order valence-corrected chi connectivity index (χ4v) is 8.86. The van der Waals surface area contributed by atoms with Crippen molar-refractivity contribution in [2.45, 2.75) is 0 Å². The summed E-state index contributed by atoms with van der Waals surface area (Å²) in [6, 6.07) is 32.2. The molecule has 5 nitrogen and oxygen atoms in total. The number of fused-ring (bicyclic) bond motifs is 1. The van der Waals surface area contributed by atoms with Gasteiger partial charge in [-0.25, -0.2) is 19.9 Å². The fourth-order valence-electron chi connectivity index (χ4n) is 4.22. The van der Waals surface area contributed by atoms with E-state index in [2.05, 4.69) is 118 Å². The lowest BCUT2D eigenvalue weighted by atomic mass is 10.3. The van der Waals surface area contributed by atoms with Crippen LogP contribution in [0, 0.1) is 0 Å². The Morgan fingerprint density at radius 2 is 1.16 bits per heavy atom. The van der Waals surface area contributed by atoms with Crippen molar-refractivity contribution in [1.82, 2.24) is 19.9 Å². The highest BCUT2D eigenvalue weighted by Gasteiger charge is 2.45. The SMILES string of the molecule is CN(c1cnc2ncncc2n1)[Si](c1ccccc1)(c1ccccc1)c1ccccc1. The average molecular weight is 420 g/mol. The Bertz CT molecular complexity index is 1200. The Morgan fingerprint density at radius 1 is 0.645 bits per heavy atom. The zero-order valence-electron chi connectivity index (χ0n) is 17.1. The Morgan fingerprint density at radius 3 is 1.68 bits per heavy atom. The van der Waals surface area contributed by atoms with Crippen molar-refractivity contribution >= 4 is 40.8 Å². The highest BCUT2D eigenvalue weighted by molar-refractivity contribution is 7.13. The number of benzene rings is 3. The van der Waals surface area contributed by atoms with Gasteiger partial charge in [-0.3, -0.25) is 0 Å². The molecule has 0 saturated heterocycles. The molecule has 0 aliphatic carbocycles. The van der Waals surface area contributed by atoms with Gasteiger partial charge in [-0.05, 0) is 15.6 Å². The van der Waals surface area contributed by atoms with Crippen LogP contribution in [0.3, 0.4) is 0 Å². The van der Waals surface area contributed by atoms with E-state index in [1.807, 2.05) is 6.20 Å². The van der Waals surface area contributed by atoms with Crippen LogP contribution in [-0.4, -0.2) is 35.2 Å². The van der Waals surface area contributed by atoms with Gasteiger partial charge in [0.2, 0.25) is 0 Å². The molecular formula is C25H21N5Si. The predicted octanol–water partition coefficient (Wildman–Crippen LogP) is 2.52. The third kappa shape index (κ3) is 3.27. The largest absolute Gasteiger partial charge is 0.373 e. The second-order valence-electron chi connectivity index (χ2n) is 7.33. The van der Waals surface area contributed by atoms with E-state index in [1.54, 1.807) is 6.20 Å². The molecule has 0 fully saturated rings. The van der Waals surface area contributed by atoms with Crippen LogP contribution >= 0.6 is 0 Å². The molecule has 3 aromatic carbocycles. The lowest BCUT2D eigenvalue weighted by Crippen LogP contribution is -2.77. The second-order valence-corrected chi connectivity index (χ2v) is 11.2. The Balaban J connectivity index is 1.82. The van der Waals surface area contributed by atoms with Gasteiger partial charge in [-0.2, -0.15) is 0 Å². The minimum absolute atomic E-state index is 0.596. The molecule has 0 N–H and O–H groups in total. The van der Waals surface area contributed by atoms with E-state index in [1.165, 1.54) is 21.9 Å². The number of anilines is 1. The smallest absolute Gasteiger partial charge is 0.254 e. The lowest BCUT2D eigenvalue weighted by molar-refractivity contribution is 1.11. The molecule has 0 atom stereocenters. The van der Waals surface area contributed by atoms with E-state index in [9.17, 15) is 0 Å². The second kappa shape index (κ2) is 8.08. The van der Waals surface area contributed by atoms with E-state index in [0.29, 0.717) is 11.2 Å². The summed E-state index contributed by atoms with van der Waals surface area (Å²) in [6.45, 7) is 0. The molecule has 5 aromatic rings. The molecular weight excluding hydrogens is 398 g/mol. The highest BCUT2D eigenvalue weighted by atomic mass is 28.3. The van der Waals surface area contributed by atoms with Gasteiger partial charge in [0.15, 0.2) is 5.65 Å². The fraction of sp³-hybridized carbons (Fsp3) is 0.0400. The van der Waals surface area contributed by atoms with Crippen LogP contribution in [0.2, 0.25) is 0 Å². The molecule has 2 aromatic heterocycles. The molecule has 31 heavy (non-hydrogen) atoms. The lowest BCUT2D eigenvalue weighted by Gasteiger charge is -2.41. The van der Waals surface area contributed by atoms with Crippen molar-refractivity contribution in [2.24, 2.45) is 0 Å². The van der Waals surface area contributed by atoms with Gasteiger partial charge in [0.05, 0.1) is 12.4 Å². The zero-order chi connectivity index (χ0) is 21.1. The monoisotopic (exact) mass is 419 g/mol. The molecule has 0 unspecified atom stereocenters. The number of nitrogens with zero attached hydrogens (tertiary/aromatic N) is 5. The minimum Gasteiger partial charge on any atom is -0.373 e. The average Bonchev–Trinajstić information content (AvgIpc) is 2.86. The minimum atomic E-state index is -2.67. The predicted molar refractivity (Wildman–Crippen MR) is 128 cm³/mol. The molecule has 0 aliphatic heterocycles. The molecule has 0 radical (unpaired) electrons. The van der Waals surface area contributed by atoms with Gasteiger partial charge < -0.3 is 4.57 Å². The van der Waals surface area contributed by atoms with Crippen molar-refractivity contribution in [3.63, 3.8) is 0 Å². The Labute approximate surface area is 182 Å². The molecule has 0 aliphatic rings. The van der Waals surface area contributed by atoms with E-state index in [4.69, 9.17) is 4.98 Å². The summed E-state index contributed by atoms with van der Waals surface area (Å²) in [5, 5.41) is 3.84. The number of aromatic nitrogens is 4. The number of rotatable bonds is 5. The van der Waals surface area contributed by atoms with E-state index < -0.39 is 8.24 Å². The van der Waals surface area contributed by atoms with E-state index in [-0.39, 0.29) is 0 Å². The summed E-state index contributed by atoms with van der Waals surface area (Å²) >= 11 is 0. The van der Waals surface area contributed by atoms with Crippen LogP contribution in [0.5, 0.6) is 0 Å². The van der Waals surface area contributed by atoms with Gasteiger partial charge >= 0.3 is 0 Å². The first-order valence-corrected chi connectivity index (χ1v) is 12.1. The van der Waals surface area contributed by atoms with Crippen molar-refractivity contribution in [3.05, 3.63) is 110 Å². The summed E-state index contributed by atoms with van der Waals surface area (Å²) in [4.78, 5) is 17.8. The molecule has 0 spiro atoms. The number of hydrogen-bond acceptors (Lipinski definition) is 5. The quantitative estimate of drug-likeness (QED) is 0.324. The van der Waals surface area contributed by atoms with Gasteiger partial charge in [0, 0.05) is 7.05 Å². The van der Waals surface area contributed by atoms with E-state index >= 15 is 0 Å². The first-order valence-electron chi connectivity index (χ1n) is 10.1. The molecule has 150 valence electrons. The van der Waals surface area contributed by atoms with Crippen LogP contribution in [0.15, 0.2) is 110 Å². The number of hydrogen-bond donors (Lipinski definition) is 0.